The molecule has 25 heavy (non-hydrogen) atoms. The van der Waals surface area contributed by atoms with Gasteiger partial charge in [0.05, 0.1) is 5.39 Å². The molecule has 0 aliphatic heterocycles. The summed E-state index contributed by atoms with van der Waals surface area (Å²) in [6, 6.07) is 12.7. The van der Waals surface area contributed by atoms with Crippen LogP contribution in [-0.2, 0) is 17.6 Å². The Hall–Kier alpha value is -1.21. The lowest BCUT2D eigenvalue weighted by Gasteiger charge is -2.04. The zero-order chi connectivity index (χ0) is 17.8. The second-order valence-electron chi connectivity index (χ2n) is 5.76. The number of thioether (sulfide) groups is 1. The van der Waals surface area contributed by atoms with E-state index in [0.717, 1.165) is 6.42 Å². The van der Waals surface area contributed by atoms with E-state index in [1.54, 1.807) is 23.1 Å². The molecule has 0 amide bonds. The maximum absolute atomic E-state index is 10.9. The molecule has 3 nitrogen and oxygen atoms in total. The molecule has 0 N–H and O–H groups in total. The fourth-order valence-electron chi connectivity index (χ4n) is 2.99. The lowest BCUT2D eigenvalue weighted by molar-refractivity contribution is -0.667. The van der Waals surface area contributed by atoms with Gasteiger partial charge in [0.1, 0.15) is 4.70 Å². The van der Waals surface area contributed by atoms with Crippen LogP contribution >= 0.6 is 23.1 Å². The number of rotatable bonds is 7. The van der Waals surface area contributed by atoms with Gasteiger partial charge in [0.25, 0.3) is 5.01 Å². The molecule has 6 heteroatoms. The summed E-state index contributed by atoms with van der Waals surface area (Å²) < 4.78 is 25.4. The topological polar surface area (TPSA) is 44.0 Å². The van der Waals surface area contributed by atoms with Crippen LogP contribution in [0.5, 0.6) is 0 Å². The quantitative estimate of drug-likeness (QED) is 0.432. The molecule has 1 atom stereocenters. The number of aromatic nitrogens is 1. The Morgan fingerprint density at radius 2 is 2.12 bits per heavy atom. The normalized spacial score (nSPS) is 13.6. The first-order chi connectivity index (χ1) is 12.1. The van der Waals surface area contributed by atoms with E-state index in [1.165, 1.54) is 30.9 Å². The van der Waals surface area contributed by atoms with Crippen molar-refractivity contribution in [2.45, 2.75) is 26.3 Å². The standard InChI is InChI=1S/C19H21NO2S3/c1-3-15(23-2)13-18-20(11-6-12-25(21)22)19-16-8-5-4-7-14(16)9-10-17(19)24-18/h4-5,7-10,13H,3,6,11-12H2,1-2H3. The SMILES string of the molecule is CCC(=Cc1sc2ccc3ccccc3c2[n+]1CCCS(=O)[O-])SC. The van der Waals surface area contributed by atoms with E-state index in [2.05, 4.69) is 60.2 Å². The van der Waals surface area contributed by atoms with Crippen LogP contribution in [0.1, 0.15) is 24.8 Å². The molecule has 0 aliphatic carbocycles. The molecule has 0 fully saturated rings. The highest BCUT2D eigenvalue weighted by molar-refractivity contribution is 8.02. The molecule has 0 saturated carbocycles. The van der Waals surface area contributed by atoms with E-state index >= 15 is 0 Å². The largest absolute Gasteiger partial charge is 0.772 e. The van der Waals surface area contributed by atoms with Crippen molar-refractivity contribution >= 4 is 61.2 Å². The zero-order valence-electron chi connectivity index (χ0n) is 14.4. The van der Waals surface area contributed by atoms with E-state index < -0.39 is 11.1 Å². The van der Waals surface area contributed by atoms with Gasteiger partial charge in [0.15, 0.2) is 6.54 Å². The van der Waals surface area contributed by atoms with Crippen LogP contribution < -0.4 is 4.57 Å². The summed E-state index contributed by atoms with van der Waals surface area (Å²) in [7, 11) is 0. The third kappa shape index (κ3) is 4.14. The van der Waals surface area contributed by atoms with Gasteiger partial charge in [0.2, 0.25) is 5.52 Å². The molecule has 3 rings (SSSR count). The van der Waals surface area contributed by atoms with Gasteiger partial charge in [-0.3, -0.25) is 4.21 Å². The van der Waals surface area contributed by atoms with E-state index in [-0.39, 0.29) is 5.75 Å². The molecular weight excluding hydrogens is 370 g/mol. The molecule has 1 unspecified atom stereocenters. The van der Waals surface area contributed by atoms with Gasteiger partial charge in [0, 0.05) is 18.2 Å². The Balaban J connectivity index is 2.18. The molecule has 0 aliphatic rings. The Kier molecular flexibility index (Phi) is 6.28. The first-order valence-electron chi connectivity index (χ1n) is 8.28. The third-order valence-corrected chi connectivity index (χ3v) is 6.85. The average molecular weight is 392 g/mol. The lowest BCUT2D eigenvalue weighted by Crippen LogP contribution is -2.36. The third-order valence-electron chi connectivity index (χ3n) is 4.20. The number of hydrogen-bond acceptors (Lipinski definition) is 4. The predicted molar refractivity (Wildman–Crippen MR) is 110 cm³/mol. The number of hydrogen-bond donors (Lipinski definition) is 0. The Morgan fingerprint density at radius 3 is 2.84 bits per heavy atom. The Bertz CT molecular complexity index is 940. The minimum absolute atomic E-state index is 0.196. The van der Waals surface area contributed by atoms with E-state index in [1.807, 2.05) is 0 Å². The van der Waals surface area contributed by atoms with Crippen molar-refractivity contribution in [3.63, 3.8) is 0 Å². The molecule has 0 saturated heterocycles. The van der Waals surface area contributed by atoms with E-state index in [0.29, 0.717) is 13.0 Å². The van der Waals surface area contributed by atoms with E-state index in [9.17, 15) is 8.76 Å². The van der Waals surface area contributed by atoms with Crippen molar-refractivity contribution in [3.05, 3.63) is 46.3 Å². The first kappa shape index (κ1) is 18.6. The van der Waals surface area contributed by atoms with Crippen LogP contribution in [-0.4, -0.2) is 20.8 Å². The second kappa shape index (κ2) is 8.45. The number of aryl methyl sites for hydroxylation is 1. The van der Waals surface area contributed by atoms with Gasteiger partial charge in [-0.25, -0.2) is 0 Å². The first-order valence-corrected chi connectivity index (χ1v) is 11.6. The van der Waals surface area contributed by atoms with Gasteiger partial charge in [-0.2, -0.15) is 4.57 Å². The Labute approximate surface area is 159 Å². The molecule has 0 bridgehead atoms. The van der Waals surface area contributed by atoms with Gasteiger partial charge in [-0.15, -0.1) is 11.8 Å². The molecule has 2 aromatic carbocycles. The second-order valence-corrected chi connectivity index (χ2v) is 8.77. The van der Waals surface area contributed by atoms with Crippen molar-refractivity contribution in [1.29, 1.82) is 0 Å². The summed E-state index contributed by atoms with van der Waals surface area (Å²) in [5, 5.41) is 3.63. The van der Waals surface area contributed by atoms with Crippen molar-refractivity contribution in [2.75, 3.05) is 12.0 Å². The minimum atomic E-state index is -1.99. The number of thiazole rings is 1. The monoisotopic (exact) mass is 391 g/mol. The molecule has 0 spiro atoms. The highest BCUT2D eigenvalue weighted by atomic mass is 32.2. The van der Waals surface area contributed by atoms with Crippen molar-refractivity contribution < 1.29 is 13.3 Å². The van der Waals surface area contributed by atoms with Gasteiger partial charge >= 0.3 is 0 Å². The summed E-state index contributed by atoms with van der Waals surface area (Å²) in [5.74, 6) is 0.196. The van der Waals surface area contributed by atoms with Gasteiger partial charge < -0.3 is 4.55 Å². The molecular formula is C19H21NO2S3. The van der Waals surface area contributed by atoms with Gasteiger partial charge in [-0.1, -0.05) is 53.6 Å². The van der Waals surface area contributed by atoms with E-state index in [4.69, 9.17) is 0 Å². The molecule has 1 aromatic heterocycles. The number of allylic oxidation sites excluding steroid dienone is 1. The zero-order valence-corrected chi connectivity index (χ0v) is 16.8. The number of benzene rings is 2. The minimum Gasteiger partial charge on any atom is -0.772 e. The summed E-state index contributed by atoms with van der Waals surface area (Å²) >= 11 is 1.56. The fourth-order valence-corrected chi connectivity index (χ4v) is 5.12. The average Bonchev–Trinajstić information content (AvgIpc) is 2.97. The fraction of sp³-hybridized carbons (Fsp3) is 0.316. The van der Waals surface area contributed by atoms with Crippen molar-refractivity contribution in [1.82, 2.24) is 0 Å². The summed E-state index contributed by atoms with van der Waals surface area (Å²) in [6.45, 7) is 2.87. The lowest BCUT2D eigenvalue weighted by atomic mass is 10.1. The molecule has 0 radical (unpaired) electrons. The predicted octanol–water partition coefficient (Wildman–Crippen LogP) is 4.73. The van der Waals surface area contributed by atoms with Crippen LogP contribution in [0.4, 0.5) is 0 Å². The Morgan fingerprint density at radius 1 is 1.32 bits per heavy atom. The maximum Gasteiger partial charge on any atom is 0.263 e. The van der Waals surface area contributed by atoms with Crippen LogP contribution in [0.25, 0.3) is 27.1 Å². The molecule has 3 aromatic rings. The van der Waals surface area contributed by atoms with Crippen LogP contribution in [0, 0.1) is 0 Å². The smallest absolute Gasteiger partial charge is 0.263 e. The molecule has 132 valence electrons. The summed E-state index contributed by atoms with van der Waals surface area (Å²) in [4.78, 5) is 1.33. The summed E-state index contributed by atoms with van der Waals surface area (Å²) in [6.07, 6.45) is 5.97. The van der Waals surface area contributed by atoms with Crippen LogP contribution in [0.15, 0.2) is 41.3 Å². The van der Waals surface area contributed by atoms with Gasteiger partial charge in [-0.05, 0) is 35.1 Å². The van der Waals surface area contributed by atoms with Crippen LogP contribution in [0.3, 0.4) is 0 Å². The van der Waals surface area contributed by atoms with Crippen molar-refractivity contribution in [3.8, 4) is 0 Å². The molecule has 1 heterocycles. The maximum atomic E-state index is 10.9. The highest BCUT2D eigenvalue weighted by Crippen LogP contribution is 2.30. The number of nitrogens with zero attached hydrogens (tertiary/aromatic N) is 1. The number of fused-ring (bicyclic) bond motifs is 3. The van der Waals surface area contributed by atoms with Crippen molar-refractivity contribution in [2.24, 2.45) is 0 Å². The highest BCUT2D eigenvalue weighted by Gasteiger charge is 2.21. The summed E-state index contributed by atoms with van der Waals surface area (Å²) in [5.41, 5.74) is 1.21. The van der Waals surface area contributed by atoms with Crippen LogP contribution in [0.2, 0.25) is 0 Å².